The Morgan fingerprint density at radius 3 is 1.96 bits per heavy atom. The molecular weight excluding hydrogens is 432 g/mol. The van der Waals surface area contributed by atoms with Gasteiger partial charge in [-0.1, -0.05) is 0 Å². The van der Waals surface area contributed by atoms with Gasteiger partial charge in [0.25, 0.3) is 0 Å². The standard InChI is InChI=1S/C19H21NO2Se2/c1-2-22-18(21)15-24-19(23)20(13-16-9-5-3-6-10-16)14-17-11-7-4-8-12-17/h3-12H,2,13-15H2,1H3. The maximum absolute atomic E-state index is 11.6. The second-order valence-corrected chi connectivity index (χ2v) is 9.33. The van der Waals surface area contributed by atoms with Crippen molar-refractivity contribution < 1.29 is 9.53 Å². The van der Waals surface area contributed by atoms with Crippen LogP contribution < -0.4 is 0 Å². The van der Waals surface area contributed by atoms with Crippen molar-refractivity contribution in [3.05, 3.63) is 71.8 Å². The van der Waals surface area contributed by atoms with Crippen LogP contribution in [0.5, 0.6) is 0 Å². The molecule has 0 saturated heterocycles. The zero-order chi connectivity index (χ0) is 17.2. The fourth-order valence-corrected chi connectivity index (χ4v) is 4.46. The molecule has 2 aromatic carbocycles. The number of hydrogen-bond acceptors (Lipinski definition) is 3. The van der Waals surface area contributed by atoms with Crippen LogP contribution in [0.4, 0.5) is 0 Å². The number of ether oxygens (including phenoxy) is 1. The van der Waals surface area contributed by atoms with E-state index in [4.69, 9.17) is 4.74 Å². The molecule has 0 bridgehead atoms. The molecule has 0 aliphatic heterocycles. The predicted octanol–water partition coefficient (Wildman–Crippen LogP) is 2.63. The van der Waals surface area contributed by atoms with Crippen LogP contribution in [0, 0.1) is 0 Å². The molecule has 0 unspecified atom stereocenters. The van der Waals surface area contributed by atoms with Crippen molar-refractivity contribution in [2.24, 2.45) is 0 Å². The number of carbonyl (C=O) groups is 1. The van der Waals surface area contributed by atoms with Crippen molar-refractivity contribution in [1.29, 1.82) is 0 Å². The fraction of sp³-hybridized carbons (Fsp3) is 0.263. The number of nitrogens with zero attached hydrogens (tertiary/aromatic N) is 1. The Morgan fingerprint density at radius 2 is 1.50 bits per heavy atom. The minimum atomic E-state index is -0.121. The fourth-order valence-electron chi connectivity index (χ4n) is 2.21. The van der Waals surface area contributed by atoms with Crippen LogP contribution in [0.3, 0.4) is 0 Å². The number of rotatable bonds is 9. The molecular formula is C19H21NO2Se2. The molecule has 0 aliphatic carbocycles. The first-order valence-corrected chi connectivity index (χ1v) is 10.8. The van der Waals surface area contributed by atoms with E-state index in [0.717, 1.165) is 16.5 Å². The summed E-state index contributed by atoms with van der Waals surface area (Å²) < 4.78 is 6.18. The Hall–Kier alpha value is -1.38. The van der Waals surface area contributed by atoms with Crippen LogP contribution in [0.25, 0.3) is 0 Å². The van der Waals surface area contributed by atoms with Gasteiger partial charge in [-0.15, -0.1) is 0 Å². The van der Waals surface area contributed by atoms with E-state index in [0.29, 0.717) is 11.9 Å². The van der Waals surface area contributed by atoms with Gasteiger partial charge >= 0.3 is 158 Å². The molecule has 0 saturated carbocycles. The number of esters is 1. The van der Waals surface area contributed by atoms with Gasteiger partial charge in [0.1, 0.15) is 0 Å². The second kappa shape index (κ2) is 10.5. The number of hydrogen-bond donors (Lipinski definition) is 0. The summed E-state index contributed by atoms with van der Waals surface area (Å²) in [5.41, 5.74) is 2.52. The zero-order valence-electron chi connectivity index (χ0n) is 13.7. The molecule has 0 spiro atoms. The van der Waals surface area contributed by atoms with Gasteiger partial charge in [0.2, 0.25) is 0 Å². The molecule has 0 aromatic heterocycles. The quantitative estimate of drug-likeness (QED) is 0.432. The van der Waals surface area contributed by atoms with E-state index < -0.39 is 0 Å². The molecule has 0 aliphatic rings. The van der Waals surface area contributed by atoms with Crippen molar-refractivity contribution in [3.63, 3.8) is 0 Å². The van der Waals surface area contributed by atoms with Gasteiger partial charge in [-0.05, 0) is 0 Å². The average molecular weight is 453 g/mol. The minimum absolute atomic E-state index is 0.0514. The van der Waals surface area contributed by atoms with Crippen molar-refractivity contribution in [2.45, 2.75) is 25.3 Å². The Labute approximate surface area is 157 Å². The molecule has 0 radical (unpaired) electrons. The first kappa shape index (κ1) is 19.0. The Balaban J connectivity index is 2.03. The van der Waals surface area contributed by atoms with Crippen molar-refractivity contribution in [3.8, 4) is 0 Å². The van der Waals surface area contributed by atoms with E-state index >= 15 is 0 Å². The SMILES string of the molecule is CCOC(=O)C[Se]C(=[Se])N(Cc1ccccc1)Cc1ccccc1. The number of carbonyl (C=O) groups excluding carboxylic acids is 1. The average Bonchev–Trinajstić information content (AvgIpc) is 2.61. The van der Waals surface area contributed by atoms with Crippen molar-refractivity contribution in [2.75, 3.05) is 6.61 Å². The van der Waals surface area contributed by atoms with Gasteiger partial charge < -0.3 is 0 Å². The summed E-state index contributed by atoms with van der Waals surface area (Å²) in [4.78, 5) is 13.9. The topological polar surface area (TPSA) is 29.5 Å². The maximum atomic E-state index is 11.6. The molecule has 2 aromatic rings. The van der Waals surface area contributed by atoms with Gasteiger partial charge in [0.05, 0.1) is 0 Å². The Kier molecular flexibility index (Phi) is 8.27. The Morgan fingerprint density at radius 1 is 1.00 bits per heavy atom. The van der Waals surface area contributed by atoms with E-state index in [9.17, 15) is 4.79 Å². The zero-order valence-corrected chi connectivity index (χ0v) is 17.1. The summed E-state index contributed by atoms with van der Waals surface area (Å²) in [6, 6.07) is 20.8. The van der Waals surface area contributed by atoms with Gasteiger partial charge in [-0.3, -0.25) is 0 Å². The van der Waals surface area contributed by atoms with E-state index in [1.54, 1.807) is 0 Å². The number of benzene rings is 2. The van der Waals surface area contributed by atoms with Crippen LogP contribution in [0.15, 0.2) is 60.7 Å². The molecule has 0 heterocycles. The van der Waals surface area contributed by atoms with E-state index in [1.165, 1.54) is 11.1 Å². The predicted molar refractivity (Wildman–Crippen MR) is 100 cm³/mol. The monoisotopic (exact) mass is 455 g/mol. The van der Waals surface area contributed by atoms with Crippen LogP contribution >= 0.6 is 0 Å². The summed E-state index contributed by atoms with van der Waals surface area (Å²) in [6.07, 6.45) is 0. The molecule has 5 heteroatoms. The summed E-state index contributed by atoms with van der Waals surface area (Å²) in [5.74, 6) is -0.121. The summed E-state index contributed by atoms with van der Waals surface area (Å²) in [5, 5.41) is 0.462. The summed E-state index contributed by atoms with van der Waals surface area (Å²) >= 11 is 3.23. The third-order valence-electron chi connectivity index (χ3n) is 3.31. The van der Waals surface area contributed by atoms with E-state index in [2.05, 4.69) is 69.0 Å². The molecule has 0 fully saturated rings. The molecule has 0 amide bonds. The molecule has 24 heavy (non-hydrogen) atoms. The van der Waals surface area contributed by atoms with Gasteiger partial charge in [0.15, 0.2) is 0 Å². The van der Waals surface area contributed by atoms with Crippen LogP contribution in [0.2, 0.25) is 5.32 Å². The first-order valence-electron chi connectivity index (χ1n) is 7.84. The summed E-state index contributed by atoms with van der Waals surface area (Å²) in [6.45, 7) is 3.92. The van der Waals surface area contributed by atoms with E-state index in [-0.39, 0.29) is 20.9 Å². The van der Waals surface area contributed by atoms with Gasteiger partial charge in [0, 0.05) is 0 Å². The molecule has 3 nitrogen and oxygen atoms in total. The van der Waals surface area contributed by atoms with Gasteiger partial charge in [-0.2, -0.15) is 0 Å². The normalized spacial score (nSPS) is 10.2. The first-order chi connectivity index (χ1) is 11.7. The van der Waals surface area contributed by atoms with Gasteiger partial charge in [-0.25, -0.2) is 0 Å². The van der Waals surface area contributed by atoms with Crippen molar-refractivity contribution in [1.82, 2.24) is 4.90 Å². The Bertz CT molecular complexity index is 605. The molecule has 0 N–H and O–H groups in total. The molecule has 0 atom stereocenters. The third kappa shape index (κ3) is 6.62. The van der Waals surface area contributed by atoms with Crippen LogP contribution in [-0.2, 0) is 22.6 Å². The van der Waals surface area contributed by atoms with Crippen molar-refractivity contribution >= 4 is 39.9 Å². The van der Waals surface area contributed by atoms with Crippen LogP contribution in [0.1, 0.15) is 18.1 Å². The van der Waals surface area contributed by atoms with Crippen LogP contribution in [-0.4, -0.2) is 51.4 Å². The summed E-state index contributed by atoms with van der Waals surface area (Å²) in [7, 11) is 0. The second-order valence-electron chi connectivity index (χ2n) is 5.19. The third-order valence-corrected chi connectivity index (χ3v) is 6.99. The van der Waals surface area contributed by atoms with E-state index in [1.807, 2.05) is 19.1 Å². The molecule has 2 rings (SSSR count). The molecule has 126 valence electrons.